The molecule has 0 radical (unpaired) electrons. The highest BCUT2D eigenvalue weighted by Gasteiger charge is 2.17. The number of benzene rings is 2. The highest BCUT2D eigenvalue weighted by Crippen LogP contribution is 2.22. The zero-order chi connectivity index (χ0) is 14.4. The van der Waals surface area contributed by atoms with Crippen molar-refractivity contribution in [2.75, 3.05) is 0 Å². The van der Waals surface area contributed by atoms with Gasteiger partial charge in [-0.25, -0.2) is 0 Å². The Hall–Kier alpha value is -1.60. The summed E-state index contributed by atoms with van der Waals surface area (Å²) in [6.07, 6.45) is 1.07. The molecule has 2 atom stereocenters. The van der Waals surface area contributed by atoms with Crippen LogP contribution in [0.5, 0.6) is 0 Å². The predicted molar refractivity (Wildman–Crippen MR) is 86.8 cm³/mol. The molecule has 2 aromatic rings. The Kier molecular flexibility index (Phi) is 5.37. The van der Waals surface area contributed by atoms with E-state index in [1.54, 1.807) is 0 Å². The molecule has 2 rings (SSSR count). The summed E-state index contributed by atoms with van der Waals surface area (Å²) < 4.78 is 0. The molecule has 0 heterocycles. The Bertz CT molecular complexity index is 490. The van der Waals surface area contributed by atoms with Crippen LogP contribution in [-0.2, 0) is 6.42 Å². The van der Waals surface area contributed by atoms with Crippen molar-refractivity contribution in [3.05, 3.63) is 71.8 Å². The topological polar surface area (TPSA) is 12.0 Å². The fourth-order valence-corrected chi connectivity index (χ4v) is 2.67. The summed E-state index contributed by atoms with van der Waals surface area (Å²) in [5, 5.41) is 3.78. The molecule has 0 saturated carbocycles. The van der Waals surface area contributed by atoms with Gasteiger partial charge in [0.25, 0.3) is 0 Å². The molecule has 0 aliphatic heterocycles. The van der Waals surface area contributed by atoms with Gasteiger partial charge in [0.15, 0.2) is 0 Å². The fraction of sp³-hybridized carbons (Fsp3) is 0.368. The molecule has 106 valence electrons. The van der Waals surface area contributed by atoms with Crippen LogP contribution in [0.3, 0.4) is 0 Å². The van der Waals surface area contributed by atoms with Crippen molar-refractivity contribution < 1.29 is 0 Å². The van der Waals surface area contributed by atoms with Gasteiger partial charge in [0.1, 0.15) is 0 Å². The minimum Gasteiger partial charge on any atom is -0.307 e. The SMILES string of the molecule is CC(Cc1ccccc1)NC(c1ccccc1)C(C)C. The second-order valence-corrected chi connectivity index (χ2v) is 5.89. The molecule has 0 aromatic heterocycles. The van der Waals surface area contributed by atoms with Crippen LogP contribution in [0.4, 0.5) is 0 Å². The molecule has 0 bridgehead atoms. The lowest BCUT2D eigenvalue weighted by Gasteiger charge is -2.27. The fourth-order valence-electron chi connectivity index (χ4n) is 2.67. The second kappa shape index (κ2) is 7.25. The Labute approximate surface area is 123 Å². The standard InChI is InChI=1S/C19H25N/c1-15(2)19(18-12-8-5-9-13-18)20-16(3)14-17-10-6-4-7-11-17/h4-13,15-16,19-20H,14H2,1-3H3. The van der Waals surface area contributed by atoms with Crippen LogP contribution >= 0.6 is 0 Å². The average molecular weight is 267 g/mol. The van der Waals surface area contributed by atoms with Crippen LogP contribution in [-0.4, -0.2) is 6.04 Å². The van der Waals surface area contributed by atoms with E-state index in [4.69, 9.17) is 0 Å². The number of hydrogen-bond acceptors (Lipinski definition) is 1. The summed E-state index contributed by atoms with van der Waals surface area (Å²) in [5.41, 5.74) is 2.77. The van der Waals surface area contributed by atoms with E-state index in [1.165, 1.54) is 11.1 Å². The maximum atomic E-state index is 3.78. The van der Waals surface area contributed by atoms with Crippen molar-refractivity contribution in [2.24, 2.45) is 5.92 Å². The van der Waals surface area contributed by atoms with Gasteiger partial charge in [0.05, 0.1) is 0 Å². The first-order valence-corrected chi connectivity index (χ1v) is 7.51. The molecule has 2 unspecified atom stereocenters. The molecule has 0 aliphatic rings. The van der Waals surface area contributed by atoms with Gasteiger partial charge in [0, 0.05) is 12.1 Å². The zero-order valence-electron chi connectivity index (χ0n) is 12.7. The Balaban J connectivity index is 2.02. The first-order chi connectivity index (χ1) is 9.66. The first-order valence-electron chi connectivity index (χ1n) is 7.51. The lowest BCUT2D eigenvalue weighted by molar-refractivity contribution is 0.368. The van der Waals surface area contributed by atoms with E-state index < -0.39 is 0 Å². The van der Waals surface area contributed by atoms with Gasteiger partial charge >= 0.3 is 0 Å². The smallest absolute Gasteiger partial charge is 0.0345 e. The molecular weight excluding hydrogens is 242 g/mol. The largest absolute Gasteiger partial charge is 0.307 e. The molecule has 1 nitrogen and oxygen atoms in total. The first kappa shape index (κ1) is 14.8. The van der Waals surface area contributed by atoms with Crippen LogP contribution in [0.25, 0.3) is 0 Å². The highest BCUT2D eigenvalue weighted by molar-refractivity contribution is 5.20. The summed E-state index contributed by atoms with van der Waals surface area (Å²) >= 11 is 0. The van der Waals surface area contributed by atoms with Crippen LogP contribution < -0.4 is 5.32 Å². The van der Waals surface area contributed by atoms with Crippen LogP contribution in [0, 0.1) is 5.92 Å². The van der Waals surface area contributed by atoms with E-state index in [0.717, 1.165) is 6.42 Å². The van der Waals surface area contributed by atoms with Crippen LogP contribution in [0.2, 0.25) is 0 Å². The van der Waals surface area contributed by atoms with E-state index in [0.29, 0.717) is 18.0 Å². The van der Waals surface area contributed by atoms with Crippen molar-refractivity contribution in [3.63, 3.8) is 0 Å². The quantitative estimate of drug-likeness (QED) is 0.806. The molecular formula is C19H25N. The van der Waals surface area contributed by atoms with E-state index in [2.05, 4.69) is 86.8 Å². The van der Waals surface area contributed by atoms with Gasteiger partial charge in [-0.15, -0.1) is 0 Å². The summed E-state index contributed by atoms with van der Waals surface area (Å²) in [7, 11) is 0. The number of hydrogen-bond donors (Lipinski definition) is 1. The molecule has 0 fully saturated rings. The van der Waals surface area contributed by atoms with Gasteiger partial charge in [-0.05, 0) is 30.4 Å². The molecule has 1 heteroatoms. The van der Waals surface area contributed by atoms with Crippen molar-refractivity contribution in [3.8, 4) is 0 Å². The van der Waals surface area contributed by atoms with Crippen molar-refractivity contribution in [1.82, 2.24) is 5.32 Å². The molecule has 0 spiro atoms. The lowest BCUT2D eigenvalue weighted by Crippen LogP contribution is -2.34. The second-order valence-electron chi connectivity index (χ2n) is 5.89. The zero-order valence-corrected chi connectivity index (χ0v) is 12.7. The Morgan fingerprint density at radius 2 is 1.35 bits per heavy atom. The molecule has 0 aliphatic carbocycles. The van der Waals surface area contributed by atoms with Gasteiger partial charge < -0.3 is 5.32 Å². The lowest BCUT2D eigenvalue weighted by atomic mass is 9.94. The van der Waals surface area contributed by atoms with Gasteiger partial charge in [-0.2, -0.15) is 0 Å². The number of rotatable bonds is 6. The minimum absolute atomic E-state index is 0.412. The molecule has 20 heavy (non-hydrogen) atoms. The average Bonchev–Trinajstić information content (AvgIpc) is 2.46. The number of nitrogens with one attached hydrogen (secondary N) is 1. The third-order valence-electron chi connectivity index (χ3n) is 3.67. The van der Waals surface area contributed by atoms with E-state index in [1.807, 2.05) is 0 Å². The maximum Gasteiger partial charge on any atom is 0.0345 e. The van der Waals surface area contributed by atoms with E-state index in [9.17, 15) is 0 Å². The molecule has 2 aromatic carbocycles. The summed E-state index contributed by atoms with van der Waals surface area (Å²) in [5.74, 6) is 0.579. The van der Waals surface area contributed by atoms with Crippen LogP contribution in [0.15, 0.2) is 60.7 Å². The minimum atomic E-state index is 0.412. The van der Waals surface area contributed by atoms with Gasteiger partial charge in [-0.1, -0.05) is 74.5 Å². The van der Waals surface area contributed by atoms with Crippen LogP contribution in [0.1, 0.15) is 37.9 Å². The van der Waals surface area contributed by atoms with E-state index in [-0.39, 0.29) is 0 Å². The summed E-state index contributed by atoms with van der Waals surface area (Å²) in [4.78, 5) is 0. The maximum absolute atomic E-state index is 3.78. The predicted octanol–water partition coefficient (Wildman–Crippen LogP) is 4.60. The van der Waals surface area contributed by atoms with Crippen molar-refractivity contribution in [1.29, 1.82) is 0 Å². The van der Waals surface area contributed by atoms with Gasteiger partial charge in [-0.3, -0.25) is 0 Å². The molecule has 0 saturated heterocycles. The molecule has 0 amide bonds. The van der Waals surface area contributed by atoms with Crippen molar-refractivity contribution >= 4 is 0 Å². The highest BCUT2D eigenvalue weighted by atomic mass is 14.9. The molecule has 1 N–H and O–H groups in total. The third-order valence-corrected chi connectivity index (χ3v) is 3.67. The summed E-state index contributed by atoms with van der Waals surface area (Å²) in [6, 6.07) is 22.3. The Morgan fingerprint density at radius 3 is 1.90 bits per heavy atom. The Morgan fingerprint density at radius 1 is 0.800 bits per heavy atom. The summed E-state index contributed by atoms with van der Waals surface area (Å²) in [6.45, 7) is 6.82. The van der Waals surface area contributed by atoms with Gasteiger partial charge in [0.2, 0.25) is 0 Å². The van der Waals surface area contributed by atoms with E-state index >= 15 is 0 Å². The van der Waals surface area contributed by atoms with Crippen molar-refractivity contribution in [2.45, 2.75) is 39.3 Å². The monoisotopic (exact) mass is 267 g/mol. The normalized spacial score (nSPS) is 14.2. The third kappa shape index (κ3) is 4.21.